The molecule has 4 aromatic rings. The van der Waals surface area contributed by atoms with E-state index in [0.717, 1.165) is 12.0 Å². The number of hydrogen-bond donors (Lipinski definition) is 2. The van der Waals surface area contributed by atoms with Crippen molar-refractivity contribution in [2.45, 2.75) is 33.2 Å². The number of methoxy groups -OCH3 is 2. The molecule has 206 valence electrons. The summed E-state index contributed by atoms with van der Waals surface area (Å²) in [7, 11) is 3.11. The van der Waals surface area contributed by atoms with E-state index in [9.17, 15) is 9.59 Å². The number of aromatic nitrogens is 3. The largest absolute Gasteiger partial charge is 0.493 e. The zero-order chi connectivity index (χ0) is 28.8. The monoisotopic (exact) mass is 541 g/mol. The second-order valence-electron chi connectivity index (χ2n) is 8.96. The first-order chi connectivity index (χ1) is 19.3. The number of nitrogens with zero attached hydrogens (tertiary/aromatic N) is 3. The van der Waals surface area contributed by atoms with Crippen LogP contribution in [0.4, 0.5) is 11.8 Å². The summed E-state index contributed by atoms with van der Waals surface area (Å²) in [5.74, 6) is 7.15. The lowest BCUT2D eigenvalue weighted by atomic mass is 10.0. The summed E-state index contributed by atoms with van der Waals surface area (Å²) >= 11 is 0. The number of esters is 1. The molecule has 0 fully saturated rings. The summed E-state index contributed by atoms with van der Waals surface area (Å²) in [5.41, 5.74) is 14.9. The Hall–Kier alpha value is -5.04. The summed E-state index contributed by atoms with van der Waals surface area (Å²) in [6.45, 7) is 4.53. The Kier molecular flexibility index (Phi) is 8.54. The number of carbonyl (C=O) groups excluding carboxylic acids is 1. The smallest absolute Gasteiger partial charge is 0.343 e. The third-order valence-electron chi connectivity index (χ3n) is 6.23. The van der Waals surface area contributed by atoms with Gasteiger partial charge >= 0.3 is 5.97 Å². The normalized spacial score (nSPS) is 10.6. The van der Waals surface area contributed by atoms with E-state index in [4.69, 9.17) is 25.7 Å². The first-order valence-corrected chi connectivity index (χ1v) is 12.8. The molecule has 0 atom stereocenters. The van der Waals surface area contributed by atoms with E-state index in [1.165, 1.54) is 0 Å². The average Bonchev–Trinajstić information content (AvgIpc) is 2.94. The van der Waals surface area contributed by atoms with Crippen LogP contribution in [0, 0.1) is 11.8 Å². The molecule has 2 heterocycles. The highest BCUT2D eigenvalue weighted by Crippen LogP contribution is 2.33. The van der Waals surface area contributed by atoms with Crippen molar-refractivity contribution in [2.75, 3.05) is 32.3 Å². The van der Waals surface area contributed by atoms with E-state index in [1.807, 2.05) is 29.7 Å². The van der Waals surface area contributed by atoms with Crippen molar-refractivity contribution in [3.8, 4) is 23.3 Å². The van der Waals surface area contributed by atoms with Crippen LogP contribution < -0.4 is 26.4 Å². The van der Waals surface area contributed by atoms with Gasteiger partial charge in [0.2, 0.25) is 11.4 Å². The van der Waals surface area contributed by atoms with E-state index in [0.29, 0.717) is 57.9 Å². The van der Waals surface area contributed by atoms with Crippen molar-refractivity contribution in [1.82, 2.24) is 14.5 Å². The topological polar surface area (TPSA) is 145 Å². The van der Waals surface area contributed by atoms with Gasteiger partial charge < -0.3 is 30.2 Å². The van der Waals surface area contributed by atoms with Crippen LogP contribution in [0.2, 0.25) is 0 Å². The fraction of sp³-hybridized carbons (Fsp3) is 0.267. The second kappa shape index (κ2) is 12.2. The predicted molar refractivity (Wildman–Crippen MR) is 154 cm³/mol. The molecule has 0 aliphatic heterocycles. The number of carbonyl (C=O) groups is 1. The number of benzene rings is 2. The summed E-state index contributed by atoms with van der Waals surface area (Å²) in [5, 5.41) is 0.425. The standard InChI is InChI=1S/C30H31N5O5/c1-5-11-35-17-23(29(37)40-6-2)26(36)22-10-8-18(14-24(22)35)7-9-20-12-19(15-25(38-3)27(20)39-4)13-21-16-33-30(32)34-28(21)31/h8,10,12,14-17H,5-6,11,13H2,1-4H3,(H4,31,32,33,34). The number of nitrogens with two attached hydrogens (primary N) is 2. The molecule has 0 aliphatic carbocycles. The molecule has 4 N–H and O–H groups in total. The maximum Gasteiger partial charge on any atom is 0.343 e. The average molecular weight is 542 g/mol. The molecule has 0 amide bonds. The van der Waals surface area contributed by atoms with Crippen LogP contribution in [0.15, 0.2) is 47.5 Å². The van der Waals surface area contributed by atoms with Crippen molar-refractivity contribution in [3.05, 3.63) is 80.8 Å². The summed E-state index contributed by atoms with van der Waals surface area (Å²) < 4.78 is 18.1. The molecular weight excluding hydrogens is 510 g/mol. The van der Waals surface area contributed by atoms with Gasteiger partial charge in [0.05, 0.1) is 31.9 Å². The molecule has 2 aromatic heterocycles. The Morgan fingerprint density at radius 3 is 2.55 bits per heavy atom. The number of ether oxygens (including phenoxy) is 3. The number of pyridine rings is 1. The Morgan fingerprint density at radius 2 is 1.88 bits per heavy atom. The summed E-state index contributed by atoms with van der Waals surface area (Å²) in [4.78, 5) is 33.5. The third-order valence-corrected chi connectivity index (χ3v) is 6.23. The van der Waals surface area contributed by atoms with Gasteiger partial charge in [-0.05, 0) is 49.2 Å². The van der Waals surface area contributed by atoms with Gasteiger partial charge in [0.15, 0.2) is 11.5 Å². The van der Waals surface area contributed by atoms with Crippen LogP contribution in [-0.2, 0) is 17.7 Å². The quantitative estimate of drug-likeness (QED) is 0.253. The second-order valence-corrected chi connectivity index (χ2v) is 8.96. The van der Waals surface area contributed by atoms with Crippen molar-refractivity contribution in [1.29, 1.82) is 0 Å². The molecule has 10 nitrogen and oxygen atoms in total. The maximum atomic E-state index is 13.1. The molecule has 2 aromatic carbocycles. The third kappa shape index (κ3) is 5.83. The SMILES string of the molecule is CCCn1cc(C(=O)OCC)c(=O)c2ccc(C#Cc3cc(Cc4cnc(N)nc4N)cc(OC)c3OC)cc21. The fourth-order valence-electron chi connectivity index (χ4n) is 4.39. The zero-order valence-corrected chi connectivity index (χ0v) is 22.9. The molecule has 0 spiro atoms. The van der Waals surface area contributed by atoms with E-state index in [-0.39, 0.29) is 23.5 Å². The van der Waals surface area contributed by atoms with Crippen LogP contribution in [0.3, 0.4) is 0 Å². The summed E-state index contributed by atoms with van der Waals surface area (Å²) in [6, 6.07) is 9.02. The Bertz CT molecular complexity index is 1700. The first kappa shape index (κ1) is 28.0. The minimum Gasteiger partial charge on any atom is -0.493 e. The van der Waals surface area contributed by atoms with E-state index < -0.39 is 5.97 Å². The van der Waals surface area contributed by atoms with Crippen LogP contribution in [0.1, 0.15) is 52.9 Å². The molecule has 0 bridgehead atoms. The van der Waals surface area contributed by atoms with E-state index in [1.54, 1.807) is 45.7 Å². The molecule has 0 aliphatic rings. The molecule has 0 saturated heterocycles. The van der Waals surface area contributed by atoms with Gasteiger partial charge in [-0.15, -0.1) is 0 Å². The van der Waals surface area contributed by atoms with Crippen molar-refractivity contribution >= 4 is 28.6 Å². The molecular formula is C30H31N5O5. The molecule has 0 saturated carbocycles. The Balaban J connectivity index is 1.78. The zero-order valence-electron chi connectivity index (χ0n) is 22.9. The van der Waals surface area contributed by atoms with Crippen molar-refractivity contribution in [2.24, 2.45) is 0 Å². The van der Waals surface area contributed by atoms with Gasteiger partial charge in [-0.25, -0.2) is 9.78 Å². The highest BCUT2D eigenvalue weighted by Gasteiger charge is 2.17. The minimum atomic E-state index is -0.628. The fourth-order valence-corrected chi connectivity index (χ4v) is 4.39. The van der Waals surface area contributed by atoms with E-state index in [2.05, 4.69) is 21.8 Å². The number of hydrogen-bond acceptors (Lipinski definition) is 9. The van der Waals surface area contributed by atoms with Gasteiger partial charge in [0.25, 0.3) is 0 Å². The highest BCUT2D eigenvalue weighted by molar-refractivity contribution is 5.94. The number of fused-ring (bicyclic) bond motifs is 1. The molecule has 40 heavy (non-hydrogen) atoms. The predicted octanol–water partition coefficient (Wildman–Crippen LogP) is 3.55. The van der Waals surface area contributed by atoms with Crippen molar-refractivity contribution in [3.63, 3.8) is 0 Å². The lowest BCUT2D eigenvalue weighted by molar-refractivity contribution is 0.0524. The Labute approximate surface area is 231 Å². The van der Waals surface area contributed by atoms with Gasteiger partial charge in [0.1, 0.15) is 11.4 Å². The molecule has 4 rings (SSSR count). The van der Waals surface area contributed by atoms with Gasteiger partial charge in [-0.3, -0.25) is 4.79 Å². The lowest BCUT2D eigenvalue weighted by Crippen LogP contribution is -2.21. The molecule has 10 heteroatoms. The number of rotatable bonds is 8. The number of anilines is 2. The van der Waals surface area contributed by atoms with Gasteiger partial charge in [0, 0.05) is 41.9 Å². The van der Waals surface area contributed by atoms with Crippen LogP contribution in [0.5, 0.6) is 11.5 Å². The molecule has 0 radical (unpaired) electrons. The first-order valence-electron chi connectivity index (χ1n) is 12.8. The minimum absolute atomic E-state index is 0.0161. The van der Waals surface area contributed by atoms with Crippen LogP contribution >= 0.6 is 0 Å². The number of nitrogen functional groups attached to an aromatic ring is 2. The number of aryl methyl sites for hydroxylation is 1. The lowest BCUT2D eigenvalue weighted by Gasteiger charge is -2.13. The van der Waals surface area contributed by atoms with Crippen molar-refractivity contribution < 1.29 is 19.0 Å². The van der Waals surface area contributed by atoms with Crippen LogP contribution in [0.25, 0.3) is 10.9 Å². The van der Waals surface area contributed by atoms with Crippen LogP contribution in [-0.4, -0.2) is 41.3 Å². The highest BCUT2D eigenvalue weighted by atomic mass is 16.5. The summed E-state index contributed by atoms with van der Waals surface area (Å²) in [6.07, 6.45) is 4.40. The Morgan fingerprint density at radius 1 is 1.07 bits per heavy atom. The van der Waals surface area contributed by atoms with Gasteiger partial charge in [-0.1, -0.05) is 18.8 Å². The molecule has 0 unspecified atom stereocenters. The maximum absolute atomic E-state index is 13.1. The van der Waals surface area contributed by atoms with E-state index >= 15 is 0 Å². The van der Waals surface area contributed by atoms with Gasteiger partial charge in [-0.2, -0.15) is 4.98 Å².